The van der Waals surface area contributed by atoms with E-state index >= 15 is 0 Å². The summed E-state index contributed by atoms with van der Waals surface area (Å²) in [5, 5.41) is 0. The van der Waals surface area contributed by atoms with Crippen LogP contribution in [0, 0.1) is 5.82 Å². The third-order valence-electron chi connectivity index (χ3n) is 2.44. The summed E-state index contributed by atoms with van der Waals surface area (Å²) in [6, 6.07) is 5.00. The molecule has 0 spiro atoms. The van der Waals surface area contributed by atoms with E-state index in [2.05, 4.69) is 4.72 Å². The quantitative estimate of drug-likeness (QED) is 0.854. The Bertz CT molecular complexity index is 531. The summed E-state index contributed by atoms with van der Waals surface area (Å²) < 4.78 is 38.9. The van der Waals surface area contributed by atoms with E-state index in [0.717, 1.165) is 12.1 Å². The van der Waals surface area contributed by atoms with Gasteiger partial charge in [-0.3, -0.25) is 4.79 Å². The van der Waals surface area contributed by atoms with Gasteiger partial charge in [0.05, 0.1) is 6.54 Å². The maximum atomic E-state index is 13.3. The lowest BCUT2D eigenvalue weighted by Gasteiger charge is -2.14. The van der Waals surface area contributed by atoms with Gasteiger partial charge in [-0.2, -0.15) is 0 Å². The molecule has 7 heteroatoms. The number of amides is 1. The first kappa shape index (κ1) is 14.6. The van der Waals surface area contributed by atoms with Crippen LogP contribution in [-0.2, 0) is 14.8 Å². The van der Waals surface area contributed by atoms with Gasteiger partial charge in [0.15, 0.2) is 0 Å². The van der Waals surface area contributed by atoms with Gasteiger partial charge in [-0.1, -0.05) is 12.1 Å². The molecule has 0 aliphatic heterocycles. The molecule has 0 saturated carbocycles. The molecule has 0 aliphatic rings. The van der Waals surface area contributed by atoms with E-state index in [1.54, 1.807) is 14.0 Å². The third-order valence-corrected chi connectivity index (χ3v) is 3.87. The molecular formula is C11H15FN2O3S. The van der Waals surface area contributed by atoms with Crippen molar-refractivity contribution < 1.29 is 17.6 Å². The highest BCUT2D eigenvalue weighted by Crippen LogP contribution is 2.12. The van der Waals surface area contributed by atoms with Crippen molar-refractivity contribution in [2.24, 2.45) is 0 Å². The van der Waals surface area contributed by atoms with E-state index < -0.39 is 20.7 Å². The summed E-state index contributed by atoms with van der Waals surface area (Å²) in [4.78, 5) is 12.3. The Morgan fingerprint density at radius 2 is 2.00 bits per heavy atom. The van der Waals surface area contributed by atoms with Crippen molar-refractivity contribution in [2.45, 2.75) is 11.8 Å². The molecule has 1 aromatic rings. The van der Waals surface area contributed by atoms with Crippen LogP contribution in [0.1, 0.15) is 6.92 Å². The Balaban J connectivity index is 2.79. The SMILES string of the molecule is CCN(C)C(=O)CNS(=O)(=O)c1ccccc1F. The molecule has 0 aromatic heterocycles. The van der Waals surface area contributed by atoms with Gasteiger partial charge in [-0.15, -0.1) is 0 Å². The average Bonchev–Trinajstić information content (AvgIpc) is 2.35. The van der Waals surface area contributed by atoms with Gasteiger partial charge in [0.1, 0.15) is 10.7 Å². The summed E-state index contributed by atoms with van der Waals surface area (Å²) in [5.74, 6) is -1.22. The number of hydrogen-bond acceptors (Lipinski definition) is 3. The van der Waals surface area contributed by atoms with Crippen molar-refractivity contribution >= 4 is 15.9 Å². The minimum atomic E-state index is -4.00. The van der Waals surface area contributed by atoms with E-state index in [0.29, 0.717) is 6.54 Å². The number of halogens is 1. The second-order valence-electron chi connectivity index (χ2n) is 3.66. The lowest BCUT2D eigenvalue weighted by Crippen LogP contribution is -2.38. The van der Waals surface area contributed by atoms with Gasteiger partial charge >= 0.3 is 0 Å². The zero-order chi connectivity index (χ0) is 13.8. The molecule has 0 atom stereocenters. The van der Waals surface area contributed by atoms with Crippen molar-refractivity contribution in [3.63, 3.8) is 0 Å². The molecule has 0 bridgehead atoms. The van der Waals surface area contributed by atoms with Gasteiger partial charge in [0.25, 0.3) is 0 Å². The Hall–Kier alpha value is -1.47. The van der Waals surface area contributed by atoms with Crippen molar-refractivity contribution in [3.8, 4) is 0 Å². The second-order valence-corrected chi connectivity index (χ2v) is 5.40. The minimum absolute atomic E-state index is 0.377. The number of hydrogen-bond donors (Lipinski definition) is 1. The van der Waals surface area contributed by atoms with Crippen LogP contribution in [-0.4, -0.2) is 39.4 Å². The first-order valence-electron chi connectivity index (χ1n) is 5.36. The van der Waals surface area contributed by atoms with Crippen molar-refractivity contribution in [3.05, 3.63) is 30.1 Å². The van der Waals surface area contributed by atoms with Crippen LogP contribution in [0.3, 0.4) is 0 Å². The molecule has 1 amide bonds. The van der Waals surface area contributed by atoms with Crippen LogP contribution >= 0.6 is 0 Å². The fourth-order valence-electron chi connectivity index (χ4n) is 1.21. The van der Waals surface area contributed by atoms with Crippen LogP contribution in [0.25, 0.3) is 0 Å². The molecule has 18 heavy (non-hydrogen) atoms. The number of nitrogens with one attached hydrogen (secondary N) is 1. The molecular weight excluding hydrogens is 259 g/mol. The smallest absolute Gasteiger partial charge is 0.243 e. The summed E-state index contributed by atoms with van der Waals surface area (Å²) in [6.45, 7) is 1.85. The van der Waals surface area contributed by atoms with Crippen molar-refractivity contribution in [1.82, 2.24) is 9.62 Å². The third kappa shape index (κ3) is 3.51. The van der Waals surface area contributed by atoms with Gasteiger partial charge in [0, 0.05) is 13.6 Å². The number of nitrogens with zero attached hydrogens (tertiary/aromatic N) is 1. The minimum Gasteiger partial charge on any atom is -0.345 e. The highest BCUT2D eigenvalue weighted by molar-refractivity contribution is 7.89. The number of carbonyl (C=O) groups is 1. The number of carbonyl (C=O) groups excluding carboxylic acids is 1. The Morgan fingerprint density at radius 3 is 2.56 bits per heavy atom. The largest absolute Gasteiger partial charge is 0.345 e. The molecule has 0 heterocycles. The fraction of sp³-hybridized carbons (Fsp3) is 0.364. The fourth-order valence-corrected chi connectivity index (χ4v) is 2.26. The van der Waals surface area contributed by atoms with Crippen molar-refractivity contribution in [1.29, 1.82) is 0 Å². The normalized spacial score (nSPS) is 11.3. The molecule has 100 valence electrons. The maximum absolute atomic E-state index is 13.3. The number of sulfonamides is 1. The topological polar surface area (TPSA) is 66.5 Å². The lowest BCUT2D eigenvalue weighted by atomic mass is 10.4. The van der Waals surface area contributed by atoms with Gasteiger partial charge < -0.3 is 4.90 Å². The summed E-state index contributed by atoms with van der Waals surface area (Å²) in [7, 11) is -2.44. The Labute approximate surface area is 106 Å². The maximum Gasteiger partial charge on any atom is 0.243 e. The first-order valence-corrected chi connectivity index (χ1v) is 6.85. The predicted molar refractivity (Wildman–Crippen MR) is 64.9 cm³/mol. The van der Waals surface area contributed by atoms with E-state index in [4.69, 9.17) is 0 Å². The predicted octanol–water partition coefficient (Wildman–Crippen LogP) is 0.582. The molecule has 5 nitrogen and oxygen atoms in total. The summed E-state index contributed by atoms with van der Waals surface area (Å²) in [5.41, 5.74) is 0. The Morgan fingerprint density at radius 1 is 1.39 bits per heavy atom. The monoisotopic (exact) mass is 274 g/mol. The number of rotatable bonds is 5. The van der Waals surface area contributed by atoms with Crippen LogP contribution < -0.4 is 4.72 Å². The molecule has 0 fully saturated rings. The van der Waals surface area contributed by atoms with Gasteiger partial charge in [-0.05, 0) is 19.1 Å². The summed E-state index contributed by atoms with van der Waals surface area (Å²) >= 11 is 0. The highest BCUT2D eigenvalue weighted by atomic mass is 32.2. The summed E-state index contributed by atoms with van der Waals surface area (Å²) in [6.07, 6.45) is 0. The van der Waals surface area contributed by atoms with Crippen LogP contribution in [0.2, 0.25) is 0 Å². The van der Waals surface area contributed by atoms with E-state index in [9.17, 15) is 17.6 Å². The molecule has 1 rings (SSSR count). The lowest BCUT2D eigenvalue weighted by molar-refractivity contribution is -0.128. The molecule has 0 radical (unpaired) electrons. The molecule has 0 aliphatic carbocycles. The second kappa shape index (κ2) is 5.92. The number of benzene rings is 1. The van der Waals surface area contributed by atoms with Crippen LogP contribution in [0.4, 0.5) is 4.39 Å². The first-order chi connectivity index (χ1) is 8.38. The van der Waals surface area contributed by atoms with Crippen LogP contribution in [0.15, 0.2) is 29.2 Å². The highest BCUT2D eigenvalue weighted by Gasteiger charge is 2.19. The molecule has 1 N–H and O–H groups in total. The Kier molecular flexibility index (Phi) is 4.80. The standard InChI is InChI=1S/C11H15FN2O3S/c1-3-14(2)11(15)8-13-18(16,17)10-7-5-4-6-9(10)12/h4-7,13H,3,8H2,1-2H3. The molecule has 0 unspecified atom stereocenters. The molecule has 1 aromatic carbocycles. The molecule has 0 saturated heterocycles. The zero-order valence-electron chi connectivity index (χ0n) is 10.2. The van der Waals surface area contributed by atoms with Crippen LogP contribution in [0.5, 0.6) is 0 Å². The van der Waals surface area contributed by atoms with Gasteiger partial charge in [0.2, 0.25) is 15.9 Å². The van der Waals surface area contributed by atoms with E-state index in [1.165, 1.54) is 17.0 Å². The van der Waals surface area contributed by atoms with Gasteiger partial charge in [-0.25, -0.2) is 17.5 Å². The van der Waals surface area contributed by atoms with Crippen molar-refractivity contribution in [2.75, 3.05) is 20.1 Å². The zero-order valence-corrected chi connectivity index (χ0v) is 11.0. The van der Waals surface area contributed by atoms with E-state index in [1.807, 2.05) is 0 Å². The average molecular weight is 274 g/mol. The van der Waals surface area contributed by atoms with E-state index in [-0.39, 0.29) is 12.5 Å². The number of likely N-dealkylation sites (N-methyl/N-ethyl adjacent to an activating group) is 1.